The molecular formula is C26H23Cl2KN2O9. The molecule has 1 aliphatic heterocycles. The third-order valence-corrected chi connectivity index (χ3v) is 6.65. The summed E-state index contributed by atoms with van der Waals surface area (Å²) in [6.45, 7) is 0.651. The molecule has 206 valence electrons. The maximum absolute atomic E-state index is 13.4. The van der Waals surface area contributed by atoms with Gasteiger partial charge in [-0.15, -0.1) is 0 Å². The number of aliphatic carboxylic acids is 1. The number of ether oxygens (including phenoxy) is 2. The molecular weight excluding hydrogens is 594 g/mol. The number of halogens is 2. The fraction of sp³-hybridized carbons (Fsp3) is 0.308. The number of rotatable bonds is 8. The van der Waals surface area contributed by atoms with Gasteiger partial charge in [-0.2, -0.15) is 5.10 Å². The van der Waals surface area contributed by atoms with Crippen molar-refractivity contribution >= 4 is 35.0 Å². The predicted molar refractivity (Wildman–Crippen MR) is 137 cm³/mol. The SMILES string of the molecule is CC(=O)c1c(-c2ccc(Cl)cc2)c(-c2ccc(Cl)cc2)nn(CCO[C@@H]2O[C@H](C(=O)[O-])[C@@H](O)[C@H](O)[C@H]2O)c1=O.[K+]. The Hall–Kier alpha value is -1.52. The zero-order chi connectivity index (χ0) is 28.4. The minimum atomic E-state index is -1.95. The van der Waals surface area contributed by atoms with E-state index in [4.69, 9.17) is 32.7 Å². The van der Waals surface area contributed by atoms with Crippen LogP contribution in [-0.4, -0.2) is 74.2 Å². The van der Waals surface area contributed by atoms with E-state index >= 15 is 0 Å². The number of nitrogens with zero attached hydrogens (tertiary/aromatic N) is 2. The number of Topliss-reactive ketones (excluding diaryl/α,β-unsaturated/α-hetero) is 1. The molecule has 5 atom stereocenters. The van der Waals surface area contributed by atoms with Crippen molar-refractivity contribution < 1.29 is 90.9 Å². The second-order valence-corrected chi connectivity index (χ2v) is 9.66. The van der Waals surface area contributed by atoms with Crippen LogP contribution in [0.25, 0.3) is 22.4 Å². The van der Waals surface area contributed by atoms with Gasteiger partial charge in [0.25, 0.3) is 5.56 Å². The van der Waals surface area contributed by atoms with E-state index in [0.717, 1.165) is 4.68 Å². The summed E-state index contributed by atoms with van der Waals surface area (Å²) in [6.07, 6.45) is -9.21. The Morgan fingerprint density at radius 3 is 2.05 bits per heavy atom. The summed E-state index contributed by atoms with van der Waals surface area (Å²) in [7, 11) is 0. The second-order valence-electron chi connectivity index (χ2n) is 8.78. The third kappa shape index (κ3) is 7.09. The van der Waals surface area contributed by atoms with Crippen LogP contribution in [0.4, 0.5) is 0 Å². The molecule has 2 heterocycles. The number of carboxylic acids is 1. The Morgan fingerprint density at radius 1 is 0.975 bits per heavy atom. The minimum absolute atomic E-state index is 0. The third-order valence-electron chi connectivity index (χ3n) is 6.15. The Kier molecular flexibility index (Phi) is 11.6. The maximum atomic E-state index is 13.4. The van der Waals surface area contributed by atoms with Gasteiger partial charge in [-0.05, 0) is 36.8 Å². The summed E-state index contributed by atoms with van der Waals surface area (Å²) in [4.78, 5) is 37.4. The Bertz CT molecular complexity index is 1430. The molecule has 11 nitrogen and oxygen atoms in total. The van der Waals surface area contributed by atoms with Crippen LogP contribution in [0.3, 0.4) is 0 Å². The number of aliphatic hydroxyl groups is 3. The van der Waals surface area contributed by atoms with Gasteiger partial charge in [0.05, 0.1) is 30.4 Å². The Morgan fingerprint density at radius 2 is 1.52 bits per heavy atom. The largest absolute Gasteiger partial charge is 1.00 e. The molecule has 1 fully saturated rings. The van der Waals surface area contributed by atoms with Gasteiger partial charge >= 0.3 is 51.4 Å². The van der Waals surface area contributed by atoms with Crippen LogP contribution in [0.5, 0.6) is 0 Å². The zero-order valence-corrected chi connectivity index (χ0v) is 26.0. The number of benzene rings is 2. The molecule has 0 radical (unpaired) electrons. The number of hydrogen-bond acceptors (Lipinski definition) is 10. The normalized spacial score (nSPS) is 22.4. The monoisotopic (exact) mass is 616 g/mol. The average molecular weight is 617 g/mol. The number of ketones is 1. The van der Waals surface area contributed by atoms with Crippen LogP contribution >= 0.6 is 23.2 Å². The van der Waals surface area contributed by atoms with Crippen LogP contribution in [0.15, 0.2) is 53.3 Å². The van der Waals surface area contributed by atoms with Gasteiger partial charge in [0, 0.05) is 21.2 Å². The summed E-state index contributed by atoms with van der Waals surface area (Å²) >= 11 is 12.1. The van der Waals surface area contributed by atoms with Gasteiger partial charge in [0.15, 0.2) is 12.1 Å². The second kappa shape index (κ2) is 14.1. The smallest absolute Gasteiger partial charge is 0.547 e. The molecule has 3 N–H and O–H groups in total. The first-order chi connectivity index (χ1) is 18.5. The maximum Gasteiger partial charge on any atom is 1.00 e. The van der Waals surface area contributed by atoms with E-state index in [1.807, 2.05) is 0 Å². The number of aromatic nitrogens is 2. The molecule has 0 bridgehead atoms. The first kappa shape index (κ1) is 33.0. The van der Waals surface area contributed by atoms with Crippen molar-refractivity contribution in [2.24, 2.45) is 0 Å². The van der Waals surface area contributed by atoms with E-state index < -0.39 is 48.0 Å². The van der Waals surface area contributed by atoms with Crippen molar-refractivity contribution in [3.05, 3.63) is 74.5 Å². The Labute approximate surface area is 280 Å². The van der Waals surface area contributed by atoms with E-state index in [9.17, 15) is 34.8 Å². The van der Waals surface area contributed by atoms with E-state index in [2.05, 4.69) is 5.10 Å². The minimum Gasteiger partial charge on any atom is -0.547 e. The summed E-state index contributed by atoms with van der Waals surface area (Å²) < 4.78 is 11.4. The molecule has 14 heteroatoms. The van der Waals surface area contributed by atoms with E-state index in [1.54, 1.807) is 48.5 Å². The first-order valence-corrected chi connectivity index (χ1v) is 12.4. The van der Waals surface area contributed by atoms with Crippen LogP contribution < -0.4 is 62.1 Å². The quantitative estimate of drug-likeness (QED) is 0.184. The fourth-order valence-electron chi connectivity index (χ4n) is 4.19. The van der Waals surface area contributed by atoms with Gasteiger partial charge in [-0.25, -0.2) is 4.68 Å². The molecule has 40 heavy (non-hydrogen) atoms. The van der Waals surface area contributed by atoms with Crippen molar-refractivity contribution in [3.8, 4) is 22.4 Å². The van der Waals surface area contributed by atoms with E-state index in [1.165, 1.54) is 6.92 Å². The molecule has 1 aliphatic rings. The van der Waals surface area contributed by atoms with Crippen LogP contribution in [0, 0.1) is 0 Å². The van der Waals surface area contributed by atoms with Gasteiger partial charge in [0.2, 0.25) is 0 Å². The molecule has 3 aromatic rings. The molecule has 4 rings (SSSR count). The molecule has 0 spiro atoms. The summed E-state index contributed by atoms with van der Waals surface area (Å²) in [5.41, 5.74) is 0.819. The zero-order valence-electron chi connectivity index (χ0n) is 21.4. The van der Waals surface area contributed by atoms with Crippen LogP contribution in [0.1, 0.15) is 17.3 Å². The van der Waals surface area contributed by atoms with Crippen molar-refractivity contribution in [3.63, 3.8) is 0 Å². The molecule has 0 aliphatic carbocycles. The average Bonchev–Trinajstić information content (AvgIpc) is 2.89. The molecule has 2 aromatic carbocycles. The molecule has 1 saturated heterocycles. The molecule has 0 unspecified atom stereocenters. The summed E-state index contributed by atoms with van der Waals surface area (Å²) in [5.74, 6) is -2.33. The van der Waals surface area contributed by atoms with Crippen molar-refractivity contribution in [1.82, 2.24) is 9.78 Å². The van der Waals surface area contributed by atoms with Crippen molar-refractivity contribution in [2.45, 2.75) is 44.2 Å². The predicted octanol–water partition coefficient (Wildman–Crippen LogP) is -2.34. The topological polar surface area (TPSA) is 171 Å². The molecule has 0 saturated carbocycles. The summed E-state index contributed by atoms with van der Waals surface area (Å²) in [6, 6.07) is 13.2. The van der Waals surface area contributed by atoms with Crippen molar-refractivity contribution in [2.75, 3.05) is 6.61 Å². The molecule has 1 aromatic heterocycles. The number of carbonyl (C=O) groups excluding carboxylic acids is 2. The van der Waals surface area contributed by atoms with Gasteiger partial charge < -0.3 is 34.7 Å². The first-order valence-electron chi connectivity index (χ1n) is 11.7. The fourth-order valence-corrected chi connectivity index (χ4v) is 4.44. The number of carboxylic acid groups (broad SMARTS) is 1. The number of hydrogen-bond donors (Lipinski definition) is 3. The number of carbonyl (C=O) groups is 2. The standard InChI is InChI=1S/C26H24Cl2N2O9.K/c1-12(31)17-18(13-2-6-15(27)7-3-13)19(14-4-8-16(28)9-5-14)29-30(24(17)35)10-11-38-26-22(34)20(32)21(33)23(39-26)25(36)37;/h2-9,20-23,26,32-34H,10-11H2,1H3,(H,36,37);/q;+1/p-1/t20-,21-,22+,23-,26+;/m0./s1. The Balaban J connectivity index is 0.00000441. The van der Waals surface area contributed by atoms with Crippen molar-refractivity contribution in [1.29, 1.82) is 0 Å². The number of aliphatic hydroxyl groups excluding tert-OH is 3. The van der Waals surface area contributed by atoms with E-state index in [0.29, 0.717) is 32.4 Å². The van der Waals surface area contributed by atoms with Crippen LogP contribution in [0.2, 0.25) is 10.0 Å². The van der Waals surface area contributed by atoms with Gasteiger partial charge in [-0.3, -0.25) is 9.59 Å². The van der Waals surface area contributed by atoms with Crippen LogP contribution in [-0.2, 0) is 20.8 Å². The summed E-state index contributed by atoms with van der Waals surface area (Å²) in [5, 5.41) is 46.5. The van der Waals surface area contributed by atoms with Gasteiger partial charge in [0.1, 0.15) is 24.4 Å². The van der Waals surface area contributed by atoms with Gasteiger partial charge in [-0.1, -0.05) is 47.5 Å². The van der Waals surface area contributed by atoms with E-state index in [-0.39, 0.29) is 70.1 Å². The molecule has 0 amide bonds.